The van der Waals surface area contributed by atoms with Crippen molar-refractivity contribution in [3.63, 3.8) is 0 Å². The molecular weight excluding hydrogens is 148 g/mol. The fourth-order valence-electron chi connectivity index (χ4n) is 0.971. The molecule has 0 aromatic carbocycles. The number of amides is 2. The molecule has 0 aliphatic carbocycles. The molecule has 0 aromatic heterocycles. The Kier molecular flexibility index (Phi) is 2.30. The van der Waals surface area contributed by atoms with Crippen molar-refractivity contribution in [2.45, 2.75) is 19.0 Å². The van der Waals surface area contributed by atoms with Crippen LogP contribution in [0.2, 0.25) is 0 Å². The zero-order chi connectivity index (χ0) is 8.27. The van der Waals surface area contributed by atoms with Crippen LogP contribution in [0.15, 0.2) is 0 Å². The second-order valence-corrected chi connectivity index (χ2v) is 2.44. The number of nitrogens with one attached hydrogen (secondary N) is 2. The molecule has 5 nitrogen and oxygen atoms in total. The van der Waals surface area contributed by atoms with Crippen molar-refractivity contribution in [1.29, 1.82) is 0 Å². The Hall–Kier alpha value is -1.26. The van der Waals surface area contributed by atoms with Gasteiger partial charge in [0, 0.05) is 0 Å². The molecule has 11 heavy (non-hydrogen) atoms. The fraction of sp³-hybridized carbons (Fsp3) is 0.667. The highest BCUT2D eigenvalue weighted by Gasteiger charge is 2.27. The molecule has 1 aliphatic rings. The van der Waals surface area contributed by atoms with Crippen molar-refractivity contribution in [1.82, 2.24) is 10.6 Å². The van der Waals surface area contributed by atoms with E-state index in [0.29, 0.717) is 6.47 Å². The van der Waals surface area contributed by atoms with E-state index < -0.39 is 0 Å². The molecule has 1 heterocycles. The summed E-state index contributed by atoms with van der Waals surface area (Å²) in [7, 11) is 0. The minimum Gasteiger partial charge on any atom is -0.466 e. The summed E-state index contributed by atoms with van der Waals surface area (Å²) in [6, 6.07) is -0.299. The third kappa shape index (κ3) is 1.83. The van der Waals surface area contributed by atoms with Crippen LogP contribution in [0.4, 0.5) is 4.79 Å². The first kappa shape index (κ1) is 7.84. The van der Waals surface area contributed by atoms with Crippen LogP contribution in [0, 0.1) is 0 Å². The van der Waals surface area contributed by atoms with Gasteiger partial charge in [0.2, 0.25) is 0 Å². The van der Waals surface area contributed by atoms with Gasteiger partial charge in [-0.3, -0.25) is 4.79 Å². The van der Waals surface area contributed by atoms with E-state index in [4.69, 9.17) is 0 Å². The molecule has 0 saturated carbocycles. The second-order valence-electron chi connectivity index (χ2n) is 2.44. The number of carbonyl (C=O) groups is 2. The second kappa shape index (κ2) is 3.23. The molecule has 0 bridgehead atoms. The van der Waals surface area contributed by atoms with E-state index in [0.717, 1.165) is 0 Å². The standard InChI is InChI=1S/C6H10N2O3/c1-4-5(2-11-3-9)8-6(10)7-4/h3-5H,2H2,1H3,(H2,7,8,10). The minimum atomic E-state index is -0.211. The van der Waals surface area contributed by atoms with Crippen LogP contribution in [0.5, 0.6) is 0 Å². The highest BCUT2D eigenvalue weighted by atomic mass is 16.5. The zero-order valence-corrected chi connectivity index (χ0v) is 6.16. The van der Waals surface area contributed by atoms with E-state index in [1.54, 1.807) is 0 Å². The summed E-state index contributed by atoms with van der Waals surface area (Å²) in [4.78, 5) is 20.5. The number of rotatable bonds is 3. The minimum absolute atomic E-state index is 0.0162. The molecule has 2 amide bonds. The number of hydrogen-bond donors (Lipinski definition) is 2. The van der Waals surface area contributed by atoms with E-state index in [1.165, 1.54) is 0 Å². The molecule has 0 radical (unpaired) electrons. The Bertz CT molecular complexity index is 171. The van der Waals surface area contributed by atoms with Crippen LogP contribution in [0.1, 0.15) is 6.92 Å². The van der Waals surface area contributed by atoms with Gasteiger partial charge in [-0.1, -0.05) is 0 Å². The molecule has 0 aromatic rings. The van der Waals surface area contributed by atoms with E-state index in [1.807, 2.05) is 6.92 Å². The Morgan fingerprint density at radius 1 is 1.64 bits per heavy atom. The summed E-state index contributed by atoms with van der Waals surface area (Å²) in [5.74, 6) is 0. The van der Waals surface area contributed by atoms with Crippen molar-refractivity contribution >= 4 is 12.5 Å². The summed E-state index contributed by atoms with van der Waals surface area (Å²) in [5.41, 5.74) is 0. The first-order chi connectivity index (χ1) is 5.24. The van der Waals surface area contributed by atoms with Gasteiger partial charge in [0.05, 0.1) is 12.1 Å². The predicted molar refractivity (Wildman–Crippen MR) is 36.9 cm³/mol. The van der Waals surface area contributed by atoms with Gasteiger partial charge in [-0.05, 0) is 6.92 Å². The number of ether oxygens (including phenoxy) is 1. The lowest BCUT2D eigenvalue weighted by Gasteiger charge is -2.11. The maximum atomic E-state index is 10.7. The van der Waals surface area contributed by atoms with Crippen molar-refractivity contribution in [2.75, 3.05) is 6.61 Å². The van der Waals surface area contributed by atoms with Crippen molar-refractivity contribution in [3.8, 4) is 0 Å². The summed E-state index contributed by atoms with van der Waals surface area (Å²) >= 11 is 0. The summed E-state index contributed by atoms with van der Waals surface area (Å²) in [6.07, 6.45) is 0. The maximum absolute atomic E-state index is 10.7. The normalized spacial score (nSPS) is 29.0. The van der Waals surface area contributed by atoms with Gasteiger partial charge < -0.3 is 15.4 Å². The largest absolute Gasteiger partial charge is 0.466 e. The summed E-state index contributed by atoms with van der Waals surface area (Å²) in [5, 5.41) is 5.23. The third-order valence-corrected chi connectivity index (χ3v) is 1.62. The van der Waals surface area contributed by atoms with Crippen LogP contribution in [0.3, 0.4) is 0 Å². The Morgan fingerprint density at radius 2 is 2.36 bits per heavy atom. The molecule has 1 saturated heterocycles. The van der Waals surface area contributed by atoms with Gasteiger partial charge in [0.25, 0.3) is 6.47 Å². The van der Waals surface area contributed by atoms with Crippen molar-refractivity contribution in [2.24, 2.45) is 0 Å². The predicted octanol–water partition coefficient (Wildman–Crippen LogP) is -0.771. The molecule has 2 N–H and O–H groups in total. The first-order valence-corrected chi connectivity index (χ1v) is 3.36. The van der Waals surface area contributed by atoms with Crippen LogP contribution in [-0.4, -0.2) is 31.2 Å². The lowest BCUT2D eigenvalue weighted by Crippen LogP contribution is -2.35. The van der Waals surface area contributed by atoms with Gasteiger partial charge in [0.15, 0.2) is 0 Å². The molecular formula is C6H10N2O3. The van der Waals surface area contributed by atoms with Crippen LogP contribution < -0.4 is 10.6 Å². The topological polar surface area (TPSA) is 67.4 Å². The smallest absolute Gasteiger partial charge is 0.315 e. The summed E-state index contributed by atoms with van der Waals surface area (Å²) in [6.45, 7) is 2.44. The average molecular weight is 158 g/mol. The molecule has 1 aliphatic heterocycles. The lowest BCUT2D eigenvalue weighted by atomic mass is 10.2. The number of urea groups is 1. The Morgan fingerprint density at radius 3 is 2.82 bits per heavy atom. The van der Waals surface area contributed by atoms with Gasteiger partial charge in [0.1, 0.15) is 6.61 Å². The SMILES string of the molecule is CC1NC(=O)NC1COC=O. The quantitative estimate of drug-likeness (QED) is 0.530. The monoisotopic (exact) mass is 158 g/mol. The van der Waals surface area contributed by atoms with Gasteiger partial charge in [-0.15, -0.1) is 0 Å². The van der Waals surface area contributed by atoms with E-state index >= 15 is 0 Å². The van der Waals surface area contributed by atoms with Crippen LogP contribution in [0.25, 0.3) is 0 Å². The zero-order valence-electron chi connectivity index (χ0n) is 6.16. The highest BCUT2D eigenvalue weighted by molar-refractivity contribution is 5.77. The Labute approximate surface area is 64.1 Å². The molecule has 62 valence electrons. The third-order valence-electron chi connectivity index (χ3n) is 1.62. The van der Waals surface area contributed by atoms with E-state index in [2.05, 4.69) is 15.4 Å². The van der Waals surface area contributed by atoms with Gasteiger partial charge in [-0.2, -0.15) is 0 Å². The van der Waals surface area contributed by atoms with Gasteiger partial charge >= 0.3 is 6.03 Å². The van der Waals surface area contributed by atoms with E-state index in [-0.39, 0.29) is 24.7 Å². The number of hydrogen-bond acceptors (Lipinski definition) is 3. The molecule has 0 spiro atoms. The average Bonchev–Trinajstić information content (AvgIpc) is 2.26. The lowest BCUT2D eigenvalue weighted by molar-refractivity contribution is -0.129. The molecule has 2 unspecified atom stereocenters. The molecule has 2 atom stereocenters. The summed E-state index contributed by atoms with van der Waals surface area (Å²) < 4.78 is 4.50. The van der Waals surface area contributed by atoms with Crippen LogP contribution >= 0.6 is 0 Å². The van der Waals surface area contributed by atoms with E-state index in [9.17, 15) is 9.59 Å². The van der Waals surface area contributed by atoms with Crippen LogP contribution in [-0.2, 0) is 9.53 Å². The van der Waals surface area contributed by atoms with Crippen molar-refractivity contribution in [3.05, 3.63) is 0 Å². The number of carbonyl (C=O) groups excluding carboxylic acids is 2. The molecule has 1 rings (SSSR count). The van der Waals surface area contributed by atoms with Gasteiger partial charge in [-0.25, -0.2) is 4.79 Å². The molecule has 5 heteroatoms. The molecule has 1 fully saturated rings. The highest BCUT2D eigenvalue weighted by Crippen LogP contribution is 1.99. The Balaban J connectivity index is 2.34. The fourth-order valence-corrected chi connectivity index (χ4v) is 0.971. The maximum Gasteiger partial charge on any atom is 0.315 e. The van der Waals surface area contributed by atoms with Crippen molar-refractivity contribution < 1.29 is 14.3 Å². The first-order valence-electron chi connectivity index (χ1n) is 3.36.